The Kier molecular flexibility index (Phi) is 13.4. The second kappa shape index (κ2) is 19.9. The van der Waals surface area contributed by atoms with Crippen molar-refractivity contribution in [2.24, 2.45) is 0 Å². The number of anilines is 2. The van der Waals surface area contributed by atoms with E-state index in [2.05, 4.69) is 22.5 Å². The van der Waals surface area contributed by atoms with Crippen LogP contribution in [0.15, 0.2) is 59.4 Å². The van der Waals surface area contributed by atoms with Gasteiger partial charge >= 0.3 is 6.01 Å². The molecule has 17 nitrogen and oxygen atoms in total. The second-order valence-corrected chi connectivity index (χ2v) is 21.5. The molecule has 2 fully saturated rings. The number of pyridine rings is 2. The Labute approximate surface area is 449 Å². The number of piperazine rings is 1. The Balaban J connectivity index is 0.868. The van der Waals surface area contributed by atoms with Gasteiger partial charge in [0.15, 0.2) is 12.1 Å². The number of nitrogen functional groups attached to an aromatic ring is 1. The number of carbonyl (C=O) groups excluding carboxylic acids is 1. The number of amides is 1. The van der Waals surface area contributed by atoms with Crippen molar-refractivity contribution in [2.75, 3.05) is 50.5 Å². The van der Waals surface area contributed by atoms with E-state index in [9.17, 15) is 30.3 Å². The zero-order valence-corrected chi connectivity index (χ0v) is 44.2. The fourth-order valence-corrected chi connectivity index (χ4v) is 12.8. The number of halogens is 3. The largest absolute Gasteiger partial charge is 0.486 e. The summed E-state index contributed by atoms with van der Waals surface area (Å²) in [5.41, 5.74) is 8.38. The third kappa shape index (κ3) is 8.49. The summed E-state index contributed by atoms with van der Waals surface area (Å²) in [6.45, 7) is 11.3. The molecule has 0 spiro atoms. The van der Waals surface area contributed by atoms with E-state index in [1.165, 1.54) is 18.2 Å². The van der Waals surface area contributed by atoms with Gasteiger partial charge in [0.05, 0.1) is 63.9 Å². The summed E-state index contributed by atoms with van der Waals surface area (Å²) >= 11 is 7.87. The van der Waals surface area contributed by atoms with Crippen LogP contribution in [0, 0.1) is 34.3 Å². The molecule has 8 heterocycles. The van der Waals surface area contributed by atoms with Gasteiger partial charge in [-0.2, -0.15) is 20.5 Å². The number of ether oxygens (including phenoxy) is 3. The van der Waals surface area contributed by atoms with Crippen molar-refractivity contribution >= 4 is 71.6 Å². The van der Waals surface area contributed by atoms with Gasteiger partial charge < -0.3 is 49.4 Å². The number of hydrogen-bond acceptors (Lipinski definition) is 16. The predicted molar refractivity (Wildman–Crippen MR) is 288 cm³/mol. The van der Waals surface area contributed by atoms with Crippen LogP contribution >= 0.6 is 22.9 Å². The number of nitriles is 2. The number of rotatable bonds is 12. The van der Waals surface area contributed by atoms with Gasteiger partial charge in [0.1, 0.15) is 52.3 Å². The zero-order valence-electron chi connectivity index (χ0n) is 42.6. The second-order valence-electron chi connectivity index (χ2n) is 20.1. The molecule has 0 saturated carbocycles. The topological polar surface area (TPSA) is 229 Å². The van der Waals surface area contributed by atoms with E-state index in [0.29, 0.717) is 40.2 Å². The van der Waals surface area contributed by atoms with E-state index < -0.39 is 41.6 Å². The molecular weight excluding hydrogens is 1030 g/mol. The number of fused-ring (bicyclic) bond motifs is 7. The van der Waals surface area contributed by atoms with E-state index in [4.69, 9.17) is 41.5 Å². The molecule has 11 rings (SSSR count). The molecule has 1 unspecified atom stereocenters. The molecule has 0 radical (unpaired) electrons. The van der Waals surface area contributed by atoms with Crippen molar-refractivity contribution in [2.45, 2.75) is 96.1 Å². The molecule has 7 aromatic rings. The maximum Gasteiger partial charge on any atom is 0.319 e. The molecule has 77 heavy (non-hydrogen) atoms. The number of nitrogens with two attached hydrogens (primary N) is 1. The van der Waals surface area contributed by atoms with Crippen LogP contribution in [-0.4, -0.2) is 110 Å². The monoisotopic (exact) mass is 1080 g/mol. The Bertz CT molecular complexity index is 3800. The van der Waals surface area contributed by atoms with Gasteiger partial charge in [0.2, 0.25) is 0 Å². The lowest BCUT2D eigenvalue weighted by Crippen LogP contribution is -2.56. The van der Waals surface area contributed by atoms with E-state index in [-0.39, 0.29) is 129 Å². The number of aliphatic hydroxyl groups is 2. The minimum Gasteiger partial charge on any atom is -0.486 e. The van der Waals surface area contributed by atoms with Gasteiger partial charge in [-0.05, 0) is 93.7 Å². The Hall–Kier alpha value is -7.30. The van der Waals surface area contributed by atoms with Crippen LogP contribution in [-0.2, 0) is 34.7 Å². The average molecular weight is 1080 g/mol. The van der Waals surface area contributed by atoms with Gasteiger partial charge in [0.25, 0.3) is 11.5 Å². The first-order valence-corrected chi connectivity index (χ1v) is 26.7. The third-order valence-corrected chi connectivity index (χ3v) is 17.2. The maximum absolute atomic E-state index is 17.4. The highest BCUT2D eigenvalue weighted by Crippen LogP contribution is 2.47. The van der Waals surface area contributed by atoms with Crippen molar-refractivity contribution in [1.29, 1.82) is 10.5 Å². The Morgan fingerprint density at radius 1 is 1.09 bits per heavy atom. The van der Waals surface area contributed by atoms with Crippen molar-refractivity contribution < 1.29 is 38.0 Å². The summed E-state index contributed by atoms with van der Waals surface area (Å²) in [5.74, 6) is -1.18. The standard InChI is InChI=1S/C56H53ClF2N10O7S/c1-6-32-34-19-31(10-13-42(34)63-47-37(32)24-69-43(47)21-39-38(53(69)71)26-74-54(72)56(39,73)7-2)76-28(4)27(3)52(70)68-18-17-67(23-29(68)14-15-60)51-35-20-40(57)45(33-11-12-41(58)49-44(33)36(22-61)50(62)77-49)46(59)48(35)64-55(65-51)75-25-30-9-8-16-66(30)5/h10-13,19-21,28-30,54,72-73H,3,6-9,14,16-18,23-26,62H2,1-2,4-5H3/t28-,29-,30-,54?,56-/m0/s1. The maximum atomic E-state index is 17.4. The third-order valence-electron chi connectivity index (χ3n) is 15.9. The number of benzene rings is 3. The minimum atomic E-state index is -1.76. The molecule has 4 N–H and O–H groups in total. The Morgan fingerprint density at radius 3 is 2.62 bits per heavy atom. The predicted octanol–water partition coefficient (Wildman–Crippen LogP) is 8.07. The number of hydrogen-bond donors (Lipinski definition) is 3. The molecule has 5 atom stereocenters. The van der Waals surface area contributed by atoms with Crippen molar-refractivity contribution in [1.82, 2.24) is 29.3 Å². The number of nitrogens with zero attached hydrogens (tertiary/aromatic N) is 9. The number of thiophene rings is 1. The van der Waals surface area contributed by atoms with Crippen LogP contribution in [0.1, 0.15) is 74.3 Å². The first-order valence-electron chi connectivity index (χ1n) is 25.5. The van der Waals surface area contributed by atoms with Gasteiger partial charge in [-0.3, -0.25) is 9.59 Å². The van der Waals surface area contributed by atoms with E-state index in [1.54, 1.807) is 35.4 Å². The molecule has 3 aromatic carbocycles. The molecule has 4 aliphatic rings. The first-order chi connectivity index (χ1) is 37.0. The van der Waals surface area contributed by atoms with Crippen molar-refractivity contribution in [3.63, 3.8) is 0 Å². The number of aryl methyl sites for hydroxylation is 1. The van der Waals surface area contributed by atoms with E-state index >= 15 is 8.78 Å². The molecule has 2 saturated heterocycles. The number of aliphatic hydroxyl groups excluding tert-OH is 1. The first kappa shape index (κ1) is 51.8. The molecule has 21 heteroatoms. The summed E-state index contributed by atoms with van der Waals surface area (Å²) in [7, 11) is 2.00. The molecule has 396 valence electrons. The van der Waals surface area contributed by atoms with Crippen molar-refractivity contribution in [3.05, 3.63) is 109 Å². The lowest BCUT2D eigenvalue weighted by Gasteiger charge is -2.42. The van der Waals surface area contributed by atoms with Crippen LogP contribution in [0.4, 0.5) is 19.6 Å². The van der Waals surface area contributed by atoms with E-state index in [0.717, 1.165) is 47.2 Å². The van der Waals surface area contributed by atoms with Crippen molar-refractivity contribution in [3.8, 4) is 46.4 Å². The quantitative estimate of drug-likeness (QED) is 0.0983. The number of likely N-dealkylation sites (N-methyl/N-ethyl adjacent to an activating group) is 1. The minimum absolute atomic E-state index is 0.00190. The van der Waals surface area contributed by atoms with Gasteiger partial charge in [-0.1, -0.05) is 38.1 Å². The van der Waals surface area contributed by atoms with Gasteiger partial charge in [0, 0.05) is 69.7 Å². The molecule has 0 aliphatic carbocycles. The van der Waals surface area contributed by atoms with Crippen LogP contribution in [0.5, 0.6) is 11.8 Å². The normalized spacial score (nSPS) is 20.5. The van der Waals surface area contributed by atoms with Crippen LogP contribution in [0.3, 0.4) is 0 Å². The fourth-order valence-electron chi connectivity index (χ4n) is 11.5. The lowest BCUT2D eigenvalue weighted by atomic mass is 9.85. The number of aromatic nitrogens is 4. The SMILES string of the molecule is C=C(C(=O)N1CCN(c2nc(OC[C@@H]3CCCN3C)nc3c(F)c(-c4ccc(F)c5sc(N)c(C#N)c45)c(Cl)cc23)C[C@@H]1CC#N)[C@H](C)Oc1ccc2nc3c(c(CC)c2c1)Cn1c-3cc2c(c1=O)COC(O)[C@]2(O)CC. The highest BCUT2D eigenvalue weighted by atomic mass is 35.5. The molecular formula is C56H53ClF2N10O7S. The zero-order chi connectivity index (χ0) is 54.4. The van der Waals surface area contributed by atoms with Gasteiger partial charge in [-0.15, -0.1) is 11.3 Å². The smallest absolute Gasteiger partial charge is 0.319 e. The lowest BCUT2D eigenvalue weighted by molar-refractivity contribution is -0.236. The molecule has 0 bridgehead atoms. The number of likely N-dealkylation sites (tertiary alicyclic amines) is 1. The van der Waals surface area contributed by atoms with Gasteiger partial charge in [-0.25, -0.2) is 13.8 Å². The summed E-state index contributed by atoms with van der Waals surface area (Å²) in [4.78, 5) is 48.5. The Morgan fingerprint density at radius 2 is 1.90 bits per heavy atom. The van der Waals surface area contributed by atoms with Crippen LogP contribution < -0.4 is 25.7 Å². The van der Waals surface area contributed by atoms with E-state index in [1.807, 2.05) is 37.1 Å². The molecule has 4 aromatic heterocycles. The number of carbonyl (C=O) groups is 1. The molecule has 4 aliphatic heterocycles. The summed E-state index contributed by atoms with van der Waals surface area (Å²) in [5, 5.41) is 43.4. The summed E-state index contributed by atoms with van der Waals surface area (Å²) in [6, 6.07) is 14.8. The summed E-state index contributed by atoms with van der Waals surface area (Å²) < 4.78 is 52.4. The average Bonchev–Trinajstić information content (AvgIpc) is 4.35. The highest BCUT2D eigenvalue weighted by molar-refractivity contribution is 7.23. The highest BCUT2D eigenvalue weighted by Gasteiger charge is 2.45. The molecule has 1 amide bonds. The fraction of sp³-hybridized carbons (Fsp3) is 0.375. The van der Waals surface area contributed by atoms with Crippen LogP contribution in [0.2, 0.25) is 5.02 Å². The van der Waals surface area contributed by atoms with Crippen LogP contribution in [0.25, 0.3) is 54.4 Å². The summed E-state index contributed by atoms with van der Waals surface area (Å²) in [6.07, 6.45) is 0.221.